The molecule has 1 aliphatic rings. The highest BCUT2D eigenvalue weighted by molar-refractivity contribution is 5.96. The number of alkyl carbamates (subject to hydrolysis) is 1. The number of allylic oxidation sites excluding steroid dienone is 1. The summed E-state index contributed by atoms with van der Waals surface area (Å²) in [5.74, 6) is -6.27. The van der Waals surface area contributed by atoms with Crippen LogP contribution in [0, 0.1) is 17.8 Å². The van der Waals surface area contributed by atoms with Gasteiger partial charge >= 0.3 is 18.0 Å². The summed E-state index contributed by atoms with van der Waals surface area (Å²) < 4.78 is 28.6. The monoisotopic (exact) mass is 1000 g/mol. The van der Waals surface area contributed by atoms with Gasteiger partial charge in [-0.1, -0.05) is 83.5 Å². The van der Waals surface area contributed by atoms with E-state index < -0.39 is 108 Å². The van der Waals surface area contributed by atoms with Gasteiger partial charge in [-0.05, 0) is 64.0 Å². The number of likely N-dealkylation sites (N-methyl/N-ethyl adjacent to an activating group) is 2. The Morgan fingerprint density at radius 1 is 0.887 bits per heavy atom. The van der Waals surface area contributed by atoms with Crippen LogP contribution in [0.15, 0.2) is 53.6 Å². The smallest absolute Gasteiger partial charge is 0.407 e. The third kappa shape index (κ3) is 20.8. The first-order valence-electron chi connectivity index (χ1n) is 24.5. The van der Waals surface area contributed by atoms with E-state index in [4.69, 9.17) is 29.4 Å². The van der Waals surface area contributed by atoms with Crippen molar-refractivity contribution in [3.8, 4) is 0 Å². The minimum atomic E-state index is -1.33. The molecule has 0 bridgehead atoms. The Morgan fingerprint density at radius 3 is 2.13 bits per heavy atom. The Balaban J connectivity index is 2.66. The van der Waals surface area contributed by atoms with Gasteiger partial charge in [0.25, 0.3) is 5.91 Å². The summed E-state index contributed by atoms with van der Waals surface area (Å²) in [6.45, 7) is 17.9. The number of amides is 6. The van der Waals surface area contributed by atoms with Crippen LogP contribution in [0.3, 0.4) is 0 Å². The number of hydrogen-bond acceptors (Lipinski definition) is 14. The lowest BCUT2D eigenvalue weighted by Crippen LogP contribution is -2.57. The highest BCUT2D eigenvalue weighted by Crippen LogP contribution is 2.26. The predicted octanol–water partition coefficient (Wildman–Crippen LogP) is 2.96. The molecule has 1 unspecified atom stereocenters. The average Bonchev–Trinajstić information content (AvgIpc) is 3.33. The van der Waals surface area contributed by atoms with Gasteiger partial charge in [0.2, 0.25) is 23.6 Å². The Morgan fingerprint density at radius 2 is 1.52 bits per heavy atom. The van der Waals surface area contributed by atoms with Gasteiger partial charge in [0.1, 0.15) is 36.4 Å². The quantitative estimate of drug-likeness (QED) is 0.0691. The lowest BCUT2D eigenvalue weighted by atomic mass is 9.90. The van der Waals surface area contributed by atoms with E-state index in [0.717, 1.165) is 10.5 Å². The summed E-state index contributed by atoms with van der Waals surface area (Å²) >= 11 is 0. The fourth-order valence-corrected chi connectivity index (χ4v) is 7.50. The third-order valence-electron chi connectivity index (χ3n) is 12.2. The van der Waals surface area contributed by atoms with Crippen molar-refractivity contribution < 1.29 is 62.0 Å². The van der Waals surface area contributed by atoms with Crippen LogP contribution in [0.5, 0.6) is 0 Å². The van der Waals surface area contributed by atoms with Crippen LogP contribution in [-0.2, 0) is 63.7 Å². The topological polar surface area (TPSA) is 263 Å². The normalized spacial score (nSPS) is 25.8. The third-order valence-corrected chi connectivity index (χ3v) is 12.2. The summed E-state index contributed by atoms with van der Waals surface area (Å²) in [4.78, 5) is 113. The first-order valence-corrected chi connectivity index (χ1v) is 24.5. The lowest BCUT2D eigenvalue weighted by Gasteiger charge is -2.33. The number of ether oxygens (including phenoxy) is 5. The molecular formula is C51H81N7O13. The van der Waals surface area contributed by atoms with Crippen LogP contribution in [0.1, 0.15) is 94.1 Å². The molecule has 0 saturated carbocycles. The van der Waals surface area contributed by atoms with Crippen LogP contribution in [0.2, 0.25) is 0 Å². The molecule has 0 spiro atoms. The van der Waals surface area contributed by atoms with Gasteiger partial charge in [-0.2, -0.15) is 0 Å². The fourth-order valence-electron chi connectivity index (χ4n) is 7.50. The number of hydrogen-bond donors (Lipinski definition) is 5. The molecule has 1 aromatic carbocycles. The van der Waals surface area contributed by atoms with Crippen LogP contribution in [-0.4, -0.2) is 160 Å². The van der Waals surface area contributed by atoms with Gasteiger partial charge in [0, 0.05) is 51.5 Å². The number of nitrogens with zero attached hydrogens (tertiary/aromatic N) is 2. The summed E-state index contributed by atoms with van der Waals surface area (Å²) in [7, 11) is 2.83. The minimum absolute atomic E-state index is 0.0603. The van der Waals surface area contributed by atoms with Crippen LogP contribution < -0.4 is 27.0 Å². The molecule has 1 aromatic rings. The molecule has 2 rings (SSSR count). The molecule has 0 radical (unpaired) electrons. The molecule has 6 N–H and O–H groups in total. The number of rotatable bonds is 16. The zero-order valence-electron chi connectivity index (χ0n) is 43.9. The Bertz CT molecular complexity index is 1980. The van der Waals surface area contributed by atoms with Crippen LogP contribution in [0.4, 0.5) is 4.79 Å². The van der Waals surface area contributed by atoms with Gasteiger partial charge in [0.15, 0.2) is 6.10 Å². The van der Waals surface area contributed by atoms with E-state index in [-0.39, 0.29) is 50.5 Å². The summed E-state index contributed by atoms with van der Waals surface area (Å²) in [6, 6.07) is 4.29. The highest BCUT2D eigenvalue weighted by Gasteiger charge is 2.37. The Hall–Kier alpha value is -5.86. The molecule has 9 atom stereocenters. The molecule has 0 aromatic heterocycles. The SMILES string of the molecule is C/C=C(\C)[C@H]1OC(=O)[C@@H](C)NC(=O)[C@H](C(C)CC)NC(=O)CN(C)C(=O)[C@@H](Cc2ccccc2)N(C)C(=O)[C@H](C)NC(=O)[C@@H](CC(C)C)OC(=O)/C(C)=C/C[C@H](OC(=O)NCCOCCOCCN)[C@@H]1C. The van der Waals surface area contributed by atoms with Crippen molar-refractivity contribution >= 4 is 47.6 Å². The molecule has 6 amide bonds. The maximum Gasteiger partial charge on any atom is 0.407 e. The summed E-state index contributed by atoms with van der Waals surface area (Å²) in [5, 5.41) is 10.7. The van der Waals surface area contributed by atoms with Gasteiger partial charge in [-0.3, -0.25) is 24.0 Å². The maximum absolute atomic E-state index is 14.3. The molecule has 0 saturated heterocycles. The number of nitrogens with two attached hydrogens (primary N) is 1. The number of cyclic esters (lactones) is 2. The van der Waals surface area contributed by atoms with E-state index in [1.54, 1.807) is 58.0 Å². The second-order valence-electron chi connectivity index (χ2n) is 18.5. The molecule has 1 aliphatic heterocycles. The number of nitrogens with one attached hydrogen (secondary N) is 4. The largest absolute Gasteiger partial charge is 0.456 e. The van der Waals surface area contributed by atoms with Gasteiger partial charge in [-0.15, -0.1) is 0 Å². The second-order valence-corrected chi connectivity index (χ2v) is 18.5. The van der Waals surface area contributed by atoms with Crippen molar-refractivity contribution in [2.45, 2.75) is 137 Å². The standard InChI is InChI=1S/C51H81N7O13/c1-13-32(5)43-46(61)55-37(10)50(65)71-44(33(6)14-2)35(8)40(70-51(66)53-23-25-68-27-26-67-24-22-52)21-20-34(7)49(64)69-41(28-31(3)4)45(60)54-36(9)47(62)58(12)39(29-38-18-16-15-17-19-38)48(63)57(11)30-42(59)56-43/h14-20,31-32,35-37,39-41,43-44H,13,21-30,52H2,1-12H3,(H,53,66)(H,54,60)(H,55,61)(H,56,59)/b33-14+,34-20+/t32?,35-,36-,37+,39+,40-,41+,43-,44+/m0/s1. The van der Waals surface area contributed by atoms with Crippen molar-refractivity contribution in [3.63, 3.8) is 0 Å². The Labute approximate surface area is 419 Å². The average molecular weight is 1000 g/mol. The lowest BCUT2D eigenvalue weighted by molar-refractivity contribution is -0.155. The number of carbonyl (C=O) groups excluding carboxylic acids is 8. The van der Waals surface area contributed by atoms with E-state index in [2.05, 4.69) is 21.3 Å². The molecule has 71 heavy (non-hydrogen) atoms. The van der Waals surface area contributed by atoms with E-state index >= 15 is 0 Å². The molecule has 20 heteroatoms. The minimum Gasteiger partial charge on any atom is -0.456 e. The summed E-state index contributed by atoms with van der Waals surface area (Å²) in [6.07, 6.45) is -0.408. The van der Waals surface area contributed by atoms with Crippen molar-refractivity contribution in [1.82, 2.24) is 31.1 Å². The molecule has 20 nitrogen and oxygen atoms in total. The molecular weight excluding hydrogens is 919 g/mol. The first-order chi connectivity index (χ1) is 33.6. The van der Waals surface area contributed by atoms with Crippen molar-refractivity contribution in [1.29, 1.82) is 0 Å². The maximum atomic E-state index is 14.3. The van der Waals surface area contributed by atoms with E-state index in [1.165, 1.54) is 45.8 Å². The van der Waals surface area contributed by atoms with Gasteiger partial charge in [-0.25, -0.2) is 14.4 Å². The zero-order valence-corrected chi connectivity index (χ0v) is 43.9. The molecule has 0 fully saturated rings. The second kappa shape index (κ2) is 31.5. The fraction of sp³-hybridized carbons (Fsp3) is 0.647. The number of esters is 2. The van der Waals surface area contributed by atoms with E-state index in [1.807, 2.05) is 26.8 Å². The molecule has 1 heterocycles. The van der Waals surface area contributed by atoms with E-state index in [0.29, 0.717) is 31.8 Å². The molecule has 398 valence electrons. The van der Waals surface area contributed by atoms with Crippen LogP contribution in [0.25, 0.3) is 0 Å². The Kier molecular flexibility index (Phi) is 27.2. The number of carbonyl (C=O) groups is 8. The van der Waals surface area contributed by atoms with Crippen molar-refractivity contribution in [3.05, 3.63) is 59.2 Å². The van der Waals surface area contributed by atoms with Crippen molar-refractivity contribution in [2.75, 3.05) is 60.2 Å². The van der Waals surface area contributed by atoms with Gasteiger partial charge < -0.3 is 60.5 Å². The number of benzene rings is 1. The van der Waals surface area contributed by atoms with Crippen LogP contribution >= 0.6 is 0 Å². The summed E-state index contributed by atoms with van der Waals surface area (Å²) in [5.41, 5.74) is 6.83. The molecule has 0 aliphatic carbocycles. The zero-order chi connectivity index (χ0) is 53.4. The predicted molar refractivity (Wildman–Crippen MR) is 266 cm³/mol. The highest BCUT2D eigenvalue weighted by atomic mass is 16.6. The van der Waals surface area contributed by atoms with Crippen molar-refractivity contribution in [2.24, 2.45) is 23.5 Å². The van der Waals surface area contributed by atoms with Gasteiger partial charge in [0.05, 0.1) is 33.0 Å². The van der Waals surface area contributed by atoms with E-state index in [9.17, 15) is 38.4 Å². The first kappa shape index (κ1) is 61.3.